The van der Waals surface area contributed by atoms with Crippen molar-refractivity contribution in [2.45, 2.75) is 13.3 Å². The van der Waals surface area contributed by atoms with Crippen molar-refractivity contribution in [2.75, 3.05) is 6.54 Å². The van der Waals surface area contributed by atoms with Crippen molar-refractivity contribution >= 4 is 5.91 Å². The molecule has 1 rings (SSSR count). The fourth-order valence-electron chi connectivity index (χ4n) is 1.03. The van der Waals surface area contributed by atoms with Crippen LogP contribution in [0.15, 0.2) is 18.2 Å². The van der Waals surface area contributed by atoms with Crippen molar-refractivity contribution < 1.29 is 13.6 Å². The third-order valence-corrected chi connectivity index (χ3v) is 1.66. The number of amides is 1. The molecule has 1 aromatic carbocycles. The third kappa shape index (κ3) is 2.80. The van der Waals surface area contributed by atoms with Gasteiger partial charge in [0.15, 0.2) is 0 Å². The second-order valence-electron chi connectivity index (χ2n) is 2.91. The molecule has 0 spiro atoms. The van der Waals surface area contributed by atoms with Crippen LogP contribution in [0.2, 0.25) is 0 Å². The second-order valence-corrected chi connectivity index (χ2v) is 2.91. The van der Waals surface area contributed by atoms with E-state index in [4.69, 9.17) is 0 Å². The maximum absolute atomic E-state index is 12.7. The number of hydrogen-bond acceptors (Lipinski definition) is 1. The molecule has 0 saturated carbocycles. The number of benzene rings is 1. The SMILES string of the molecule is CCCNC(=O)c1cc(F)cc(F)c1. The van der Waals surface area contributed by atoms with Crippen LogP contribution in [0, 0.1) is 11.6 Å². The zero-order valence-corrected chi connectivity index (χ0v) is 7.81. The lowest BCUT2D eigenvalue weighted by atomic mass is 10.2. The Morgan fingerprint density at radius 2 is 1.86 bits per heavy atom. The molecule has 0 unspecified atom stereocenters. The Kier molecular flexibility index (Phi) is 3.56. The first kappa shape index (κ1) is 10.6. The van der Waals surface area contributed by atoms with Crippen LogP contribution in [-0.4, -0.2) is 12.5 Å². The maximum atomic E-state index is 12.7. The van der Waals surface area contributed by atoms with Crippen molar-refractivity contribution in [2.24, 2.45) is 0 Å². The van der Waals surface area contributed by atoms with E-state index in [2.05, 4.69) is 5.32 Å². The summed E-state index contributed by atoms with van der Waals surface area (Å²) in [5.74, 6) is -1.94. The Morgan fingerprint density at radius 1 is 1.29 bits per heavy atom. The van der Waals surface area contributed by atoms with E-state index in [0.29, 0.717) is 6.54 Å². The average Bonchev–Trinajstić information content (AvgIpc) is 2.12. The van der Waals surface area contributed by atoms with Crippen LogP contribution in [0.1, 0.15) is 23.7 Å². The first-order chi connectivity index (χ1) is 6.63. The number of hydrogen-bond donors (Lipinski definition) is 1. The zero-order chi connectivity index (χ0) is 10.6. The van der Waals surface area contributed by atoms with Crippen molar-refractivity contribution in [1.29, 1.82) is 0 Å². The van der Waals surface area contributed by atoms with Crippen LogP contribution in [-0.2, 0) is 0 Å². The molecule has 0 atom stereocenters. The Morgan fingerprint density at radius 3 is 2.36 bits per heavy atom. The minimum absolute atomic E-state index is 0.0101. The molecule has 2 nitrogen and oxygen atoms in total. The molecule has 1 aromatic rings. The van der Waals surface area contributed by atoms with Gasteiger partial charge in [0.05, 0.1) is 0 Å². The molecule has 0 radical (unpaired) electrons. The lowest BCUT2D eigenvalue weighted by molar-refractivity contribution is 0.0952. The molecule has 0 aliphatic carbocycles. The number of nitrogens with one attached hydrogen (secondary N) is 1. The molecule has 0 aliphatic heterocycles. The van der Waals surface area contributed by atoms with E-state index < -0.39 is 17.5 Å². The summed E-state index contributed by atoms with van der Waals surface area (Å²) in [6, 6.07) is 2.75. The normalized spacial score (nSPS) is 9.93. The highest BCUT2D eigenvalue weighted by atomic mass is 19.1. The Bertz CT molecular complexity index is 319. The van der Waals surface area contributed by atoms with Gasteiger partial charge in [0, 0.05) is 18.2 Å². The summed E-state index contributed by atoms with van der Waals surface area (Å²) in [6.07, 6.45) is 0.781. The highest BCUT2D eigenvalue weighted by Crippen LogP contribution is 2.07. The largest absolute Gasteiger partial charge is 0.352 e. The molecule has 0 fully saturated rings. The van der Waals surface area contributed by atoms with Gasteiger partial charge in [-0.1, -0.05) is 6.92 Å². The third-order valence-electron chi connectivity index (χ3n) is 1.66. The fraction of sp³-hybridized carbons (Fsp3) is 0.300. The van der Waals surface area contributed by atoms with E-state index in [9.17, 15) is 13.6 Å². The summed E-state index contributed by atoms with van der Waals surface area (Å²) in [6.45, 7) is 2.39. The summed E-state index contributed by atoms with van der Waals surface area (Å²) >= 11 is 0. The summed E-state index contributed by atoms with van der Waals surface area (Å²) in [5, 5.41) is 2.53. The van der Waals surface area contributed by atoms with E-state index in [1.165, 1.54) is 0 Å². The first-order valence-corrected chi connectivity index (χ1v) is 4.37. The van der Waals surface area contributed by atoms with E-state index in [0.717, 1.165) is 24.6 Å². The van der Waals surface area contributed by atoms with Crippen LogP contribution < -0.4 is 5.32 Å². The Hall–Kier alpha value is -1.45. The molecule has 0 heterocycles. The monoisotopic (exact) mass is 199 g/mol. The molecular formula is C10H11F2NO. The Labute approximate surface area is 80.9 Å². The second kappa shape index (κ2) is 4.69. The van der Waals surface area contributed by atoms with Gasteiger partial charge in [-0.15, -0.1) is 0 Å². The standard InChI is InChI=1S/C10H11F2NO/c1-2-3-13-10(14)7-4-8(11)6-9(12)5-7/h4-6H,2-3H2,1H3,(H,13,14). The molecule has 0 aliphatic rings. The van der Waals surface area contributed by atoms with Crippen LogP contribution in [0.5, 0.6) is 0 Å². The van der Waals surface area contributed by atoms with Crippen LogP contribution in [0.25, 0.3) is 0 Å². The predicted molar refractivity (Wildman–Crippen MR) is 49.0 cm³/mol. The van der Waals surface area contributed by atoms with Crippen molar-refractivity contribution in [3.8, 4) is 0 Å². The number of carbonyl (C=O) groups is 1. The molecular weight excluding hydrogens is 188 g/mol. The highest BCUT2D eigenvalue weighted by Gasteiger charge is 2.07. The van der Waals surface area contributed by atoms with Gasteiger partial charge in [-0.05, 0) is 18.6 Å². The van der Waals surface area contributed by atoms with E-state index >= 15 is 0 Å². The van der Waals surface area contributed by atoms with Crippen molar-refractivity contribution in [3.63, 3.8) is 0 Å². The van der Waals surface area contributed by atoms with Gasteiger partial charge in [-0.3, -0.25) is 4.79 Å². The molecule has 0 saturated heterocycles. The van der Waals surface area contributed by atoms with Crippen molar-refractivity contribution in [3.05, 3.63) is 35.4 Å². The molecule has 1 amide bonds. The topological polar surface area (TPSA) is 29.1 Å². The number of halogens is 2. The van der Waals surface area contributed by atoms with Crippen LogP contribution in [0.3, 0.4) is 0 Å². The van der Waals surface area contributed by atoms with E-state index in [-0.39, 0.29) is 5.56 Å². The van der Waals surface area contributed by atoms with Gasteiger partial charge < -0.3 is 5.32 Å². The molecule has 76 valence electrons. The van der Waals surface area contributed by atoms with Crippen LogP contribution in [0.4, 0.5) is 8.78 Å². The lowest BCUT2D eigenvalue weighted by Crippen LogP contribution is -2.24. The summed E-state index contributed by atoms with van der Waals surface area (Å²) in [4.78, 5) is 11.3. The molecule has 0 bridgehead atoms. The average molecular weight is 199 g/mol. The summed E-state index contributed by atoms with van der Waals surface area (Å²) in [5.41, 5.74) is 0.0101. The number of carbonyl (C=O) groups excluding carboxylic acids is 1. The fourth-order valence-corrected chi connectivity index (χ4v) is 1.03. The Balaban J connectivity index is 2.79. The summed E-state index contributed by atoms with van der Waals surface area (Å²) in [7, 11) is 0. The molecule has 14 heavy (non-hydrogen) atoms. The van der Waals surface area contributed by atoms with Crippen molar-refractivity contribution in [1.82, 2.24) is 5.32 Å². The summed E-state index contributed by atoms with van der Waals surface area (Å²) < 4.78 is 25.4. The lowest BCUT2D eigenvalue weighted by Gasteiger charge is -2.03. The molecule has 0 aromatic heterocycles. The van der Waals surface area contributed by atoms with Gasteiger partial charge in [0.2, 0.25) is 0 Å². The van der Waals surface area contributed by atoms with Crippen LogP contribution >= 0.6 is 0 Å². The molecule has 1 N–H and O–H groups in total. The number of rotatable bonds is 3. The zero-order valence-electron chi connectivity index (χ0n) is 7.81. The first-order valence-electron chi connectivity index (χ1n) is 4.37. The quantitative estimate of drug-likeness (QED) is 0.793. The van der Waals surface area contributed by atoms with Gasteiger partial charge in [0.25, 0.3) is 5.91 Å². The minimum Gasteiger partial charge on any atom is -0.352 e. The van der Waals surface area contributed by atoms with Gasteiger partial charge >= 0.3 is 0 Å². The van der Waals surface area contributed by atoms with Gasteiger partial charge in [-0.2, -0.15) is 0 Å². The molecule has 4 heteroatoms. The van der Waals surface area contributed by atoms with Gasteiger partial charge in [0.1, 0.15) is 11.6 Å². The minimum atomic E-state index is -0.744. The smallest absolute Gasteiger partial charge is 0.251 e. The maximum Gasteiger partial charge on any atom is 0.251 e. The van der Waals surface area contributed by atoms with E-state index in [1.807, 2.05) is 6.92 Å². The predicted octanol–water partition coefficient (Wildman–Crippen LogP) is 2.10. The van der Waals surface area contributed by atoms with E-state index in [1.54, 1.807) is 0 Å². The highest BCUT2D eigenvalue weighted by molar-refractivity contribution is 5.94. The van der Waals surface area contributed by atoms with Gasteiger partial charge in [-0.25, -0.2) is 8.78 Å².